The molecule has 0 N–H and O–H groups in total. The topological polar surface area (TPSA) is 3.24 Å². The Hall–Kier alpha value is -0.470. The lowest BCUT2D eigenvalue weighted by atomic mass is 10.2. The first-order chi connectivity index (χ1) is 9.92. The summed E-state index contributed by atoms with van der Waals surface area (Å²) in [6.07, 6.45) is 0. The fourth-order valence-corrected chi connectivity index (χ4v) is 10.2. The SMILES string of the molecule is c1ccc(CN(Cc2ccccc2)P2SCCS2)cc1. The van der Waals surface area contributed by atoms with Gasteiger partial charge < -0.3 is 0 Å². The molecule has 1 nitrogen and oxygen atoms in total. The molecular weight excluding hydrogens is 301 g/mol. The van der Waals surface area contributed by atoms with Gasteiger partial charge in [0.1, 0.15) is 0 Å². The van der Waals surface area contributed by atoms with Gasteiger partial charge in [-0.25, -0.2) is 0 Å². The average molecular weight is 319 g/mol. The summed E-state index contributed by atoms with van der Waals surface area (Å²) < 4.78 is 2.66. The van der Waals surface area contributed by atoms with Crippen LogP contribution in [0.25, 0.3) is 0 Å². The van der Waals surface area contributed by atoms with Crippen molar-refractivity contribution in [1.29, 1.82) is 0 Å². The third kappa shape index (κ3) is 4.02. The highest BCUT2D eigenvalue weighted by Gasteiger charge is 2.24. The van der Waals surface area contributed by atoms with Crippen LogP contribution in [-0.4, -0.2) is 16.2 Å². The van der Waals surface area contributed by atoms with Crippen LogP contribution in [-0.2, 0) is 13.1 Å². The van der Waals surface area contributed by atoms with Crippen LogP contribution >= 0.6 is 29.2 Å². The number of rotatable bonds is 5. The second kappa shape index (κ2) is 7.51. The molecule has 4 heteroatoms. The predicted octanol–water partition coefficient (Wildman–Crippen LogP) is 5.40. The molecule has 0 aliphatic carbocycles. The summed E-state index contributed by atoms with van der Waals surface area (Å²) in [5.74, 6) is 2.60. The van der Waals surface area contributed by atoms with Gasteiger partial charge in [0.2, 0.25) is 0 Å². The lowest BCUT2D eigenvalue weighted by Gasteiger charge is -2.27. The molecule has 0 saturated carbocycles. The lowest BCUT2D eigenvalue weighted by Crippen LogP contribution is -2.14. The molecule has 0 spiro atoms. The summed E-state index contributed by atoms with van der Waals surface area (Å²) in [6, 6.07) is 21.7. The van der Waals surface area contributed by atoms with Gasteiger partial charge in [0.15, 0.2) is 0 Å². The van der Waals surface area contributed by atoms with Crippen molar-refractivity contribution in [3.8, 4) is 0 Å². The van der Waals surface area contributed by atoms with Crippen LogP contribution in [0.2, 0.25) is 0 Å². The van der Waals surface area contributed by atoms with Crippen LogP contribution in [0.1, 0.15) is 11.1 Å². The maximum absolute atomic E-state index is 2.66. The molecule has 3 rings (SSSR count). The molecule has 1 aliphatic heterocycles. The van der Waals surface area contributed by atoms with E-state index in [1.807, 2.05) is 0 Å². The maximum atomic E-state index is 2.66. The smallest absolute Gasteiger partial charge is 0.0882 e. The first kappa shape index (κ1) is 14.5. The molecule has 2 aromatic rings. The van der Waals surface area contributed by atoms with Gasteiger partial charge in [0, 0.05) is 24.6 Å². The zero-order valence-corrected chi connectivity index (χ0v) is 13.8. The fraction of sp³-hybridized carbons (Fsp3) is 0.250. The molecule has 104 valence electrons. The minimum atomic E-state index is -0.0892. The van der Waals surface area contributed by atoms with Crippen molar-refractivity contribution in [2.45, 2.75) is 13.1 Å². The molecule has 0 radical (unpaired) electrons. The zero-order chi connectivity index (χ0) is 13.6. The first-order valence-corrected chi connectivity index (χ1v) is 11.3. The van der Waals surface area contributed by atoms with Gasteiger partial charge in [-0.3, -0.25) is 4.67 Å². The highest BCUT2D eigenvalue weighted by atomic mass is 33.1. The number of hydrogen-bond acceptors (Lipinski definition) is 3. The van der Waals surface area contributed by atoms with Crippen molar-refractivity contribution >= 4 is 29.2 Å². The van der Waals surface area contributed by atoms with Crippen LogP contribution in [0.4, 0.5) is 0 Å². The summed E-state index contributed by atoms with van der Waals surface area (Å²) in [5, 5.41) is 0. The van der Waals surface area contributed by atoms with E-state index >= 15 is 0 Å². The maximum Gasteiger partial charge on any atom is 0.0882 e. The Morgan fingerprint density at radius 2 is 1.20 bits per heavy atom. The van der Waals surface area contributed by atoms with Gasteiger partial charge in [-0.1, -0.05) is 60.7 Å². The quantitative estimate of drug-likeness (QED) is 0.680. The van der Waals surface area contributed by atoms with E-state index in [4.69, 9.17) is 0 Å². The first-order valence-electron chi connectivity index (χ1n) is 6.80. The molecule has 1 saturated heterocycles. The van der Waals surface area contributed by atoms with E-state index in [-0.39, 0.29) is 6.48 Å². The Bertz CT molecular complexity index is 473. The zero-order valence-electron chi connectivity index (χ0n) is 11.3. The summed E-state index contributed by atoms with van der Waals surface area (Å²) in [5.41, 5.74) is 2.83. The standard InChI is InChI=1S/C16H18NPS2/c1-3-7-15(8-4-1)13-17(18-19-11-12-20-18)14-16-9-5-2-6-10-16/h1-10H,11-14H2. The van der Waals surface area contributed by atoms with Gasteiger partial charge >= 0.3 is 0 Å². The van der Waals surface area contributed by atoms with E-state index in [9.17, 15) is 0 Å². The molecule has 0 aromatic heterocycles. The van der Waals surface area contributed by atoms with E-state index in [1.165, 1.54) is 22.6 Å². The van der Waals surface area contributed by atoms with Gasteiger partial charge in [-0.2, -0.15) is 0 Å². The average Bonchev–Trinajstić information content (AvgIpc) is 3.03. The minimum absolute atomic E-state index is 0.0892. The number of nitrogens with zero attached hydrogens (tertiary/aromatic N) is 1. The highest BCUT2D eigenvalue weighted by molar-refractivity contribution is 8.89. The highest BCUT2D eigenvalue weighted by Crippen LogP contribution is 2.68. The van der Waals surface area contributed by atoms with Crippen molar-refractivity contribution < 1.29 is 0 Å². The summed E-state index contributed by atoms with van der Waals surface area (Å²) in [4.78, 5) is 0. The van der Waals surface area contributed by atoms with Crippen LogP contribution in [0, 0.1) is 0 Å². The molecule has 1 fully saturated rings. The van der Waals surface area contributed by atoms with Crippen molar-refractivity contribution in [3.05, 3.63) is 71.8 Å². The largest absolute Gasteiger partial charge is 0.257 e. The van der Waals surface area contributed by atoms with Crippen molar-refractivity contribution in [1.82, 2.24) is 4.67 Å². The predicted molar refractivity (Wildman–Crippen MR) is 94.0 cm³/mol. The molecule has 0 amide bonds. The molecular formula is C16H18NPS2. The molecule has 2 aromatic carbocycles. The van der Waals surface area contributed by atoms with Gasteiger partial charge in [0.25, 0.3) is 0 Å². The van der Waals surface area contributed by atoms with Crippen LogP contribution in [0.5, 0.6) is 0 Å². The Labute approximate surface area is 130 Å². The van der Waals surface area contributed by atoms with Crippen molar-refractivity contribution in [2.24, 2.45) is 0 Å². The number of hydrogen-bond donors (Lipinski definition) is 0. The fourth-order valence-electron chi connectivity index (χ4n) is 2.19. The van der Waals surface area contributed by atoms with Crippen molar-refractivity contribution in [3.63, 3.8) is 0 Å². The van der Waals surface area contributed by atoms with E-state index in [0.717, 1.165) is 13.1 Å². The minimum Gasteiger partial charge on any atom is -0.257 e. The third-order valence-electron chi connectivity index (χ3n) is 3.13. The molecule has 1 heterocycles. The lowest BCUT2D eigenvalue weighted by molar-refractivity contribution is 0.457. The molecule has 0 bridgehead atoms. The van der Waals surface area contributed by atoms with E-state index in [0.29, 0.717) is 0 Å². The van der Waals surface area contributed by atoms with Crippen LogP contribution < -0.4 is 0 Å². The monoisotopic (exact) mass is 319 g/mol. The third-order valence-corrected chi connectivity index (χ3v) is 11.1. The summed E-state index contributed by atoms with van der Waals surface area (Å²) in [6.45, 7) is 2.02. The Morgan fingerprint density at radius 1 is 0.750 bits per heavy atom. The summed E-state index contributed by atoms with van der Waals surface area (Å²) in [7, 11) is 0. The number of benzene rings is 2. The van der Waals surface area contributed by atoms with Gasteiger partial charge in [-0.05, 0) is 11.1 Å². The molecule has 1 aliphatic rings. The normalized spacial score (nSPS) is 15.8. The molecule has 0 atom stereocenters. The van der Waals surface area contributed by atoms with E-state index in [2.05, 4.69) is 88.1 Å². The summed E-state index contributed by atoms with van der Waals surface area (Å²) >= 11 is 4.29. The second-order valence-electron chi connectivity index (χ2n) is 4.70. The Kier molecular flexibility index (Phi) is 5.43. The van der Waals surface area contributed by atoms with Gasteiger partial charge in [0.05, 0.1) is 6.48 Å². The van der Waals surface area contributed by atoms with Crippen LogP contribution in [0.15, 0.2) is 60.7 Å². The van der Waals surface area contributed by atoms with E-state index in [1.54, 1.807) is 0 Å². The van der Waals surface area contributed by atoms with Gasteiger partial charge in [-0.15, -0.1) is 22.8 Å². The second-order valence-corrected chi connectivity index (χ2v) is 11.4. The van der Waals surface area contributed by atoms with Crippen LogP contribution in [0.3, 0.4) is 0 Å². The van der Waals surface area contributed by atoms with Crippen molar-refractivity contribution in [2.75, 3.05) is 11.5 Å². The Balaban J connectivity index is 1.73. The Morgan fingerprint density at radius 3 is 1.65 bits per heavy atom. The van der Waals surface area contributed by atoms with E-state index < -0.39 is 0 Å². The molecule has 0 unspecified atom stereocenters. The molecule has 20 heavy (non-hydrogen) atoms.